The van der Waals surface area contributed by atoms with Gasteiger partial charge in [-0.1, -0.05) is 18.2 Å². The molecule has 1 aliphatic rings. The van der Waals surface area contributed by atoms with E-state index in [1.165, 1.54) is 0 Å². The molecule has 0 N–H and O–H groups in total. The van der Waals surface area contributed by atoms with Crippen molar-refractivity contribution in [2.24, 2.45) is 0 Å². The van der Waals surface area contributed by atoms with Crippen LogP contribution in [0.4, 0.5) is 5.69 Å². The summed E-state index contributed by atoms with van der Waals surface area (Å²) in [6.45, 7) is 3.64. The van der Waals surface area contributed by atoms with E-state index in [0.717, 1.165) is 35.4 Å². The molecule has 3 heteroatoms. The van der Waals surface area contributed by atoms with Crippen LogP contribution < -0.4 is 4.90 Å². The molecule has 1 aromatic heterocycles. The van der Waals surface area contributed by atoms with Crippen LogP contribution in [0.25, 0.3) is 10.9 Å². The smallest absolute Gasteiger partial charge is 0.136 e. The number of aromatic nitrogens is 1. The van der Waals surface area contributed by atoms with Crippen molar-refractivity contribution in [1.82, 2.24) is 4.98 Å². The number of pyridine rings is 1. The Hall–Kier alpha value is -1.90. The van der Waals surface area contributed by atoms with Crippen molar-refractivity contribution in [3.63, 3.8) is 0 Å². The van der Waals surface area contributed by atoms with Crippen LogP contribution in [0.15, 0.2) is 30.3 Å². The molecule has 3 rings (SSSR count). The first-order valence-electron chi connectivity index (χ1n) is 6.37. The van der Waals surface area contributed by atoms with Crippen LogP contribution in [0.2, 0.25) is 0 Å². The lowest BCUT2D eigenvalue weighted by Crippen LogP contribution is -2.33. The van der Waals surface area contributed by atoms with Crippen molar-refractivity contribution in [2.45, 2.75) is 19.8 Å². The third kappa shape index (κ3) is 1.96. The highest BCUT2D eigenvalue weighted by atomic mass is 16.1. The average Bonchev–Trinajstić information content (AvgIpc) is 2.39. The average molecular weight is 240 g/mol. The van der Waals surface area contributed by atoms with Gasteiger partial charge in [-0.15, -0.1) is 0 Å². The highest BCUT2D eigenvalue weighted by Crippen LogP contribution is 2.27. The topological polar surface area (TPSA) is 33.2 Å². The lowest BCUT2D eigenvalue weighted by Gasteiger charge is -2.28. The molecule has 2 aromatic rings. The fourth-order valence-corrected chi connectivity index (χ4v) is 2.48. The molecule has 0 aliphatic carbocycles. The van der Waals surface area contributed by atoms with Crippen molar-refractivity contribution in [1.29, 1.82) is 0 Å². The van der Waals surface area contributed by atoms with E-state index in [-0.39, 0.29) is 0 Å². The molecular formula is C15H16N2O. The van der Waals surface area contributed by atoms with Gasteiger partial charge in [-0.2, -0.15) is 0 Å². The highest BCUT2D eigenvalue weighted by Gasteiger charge is 2.18. The van der Waals surface area contributed by atoms with E-state index in [4.69, 9.17) is 0 Å². The zero-order valence-electron chi connectivity index (χ0n) is 10.5. The molecule has 0 spiro atoms. The Morgan fingerprint density at radius 1 is 1.11 bits per heavy atom. The first kappa shape index (κ1) is 11.2. The second-order valence-corrected chi connectivity index (χ2v) is 4.83. The summed E-state index contributed by atoms with van der Waals surface area (Å²) in [6, 6.07) is 10.4. The Labute approximate surface area is 106 Å². The third-order valence-electron chi connectivity index (χ3n) is 3.50. The number of nitrogens with zero attached hydrogens (tertiary/aromatic N) is 2. The van der Waals surface area contributed by atoms with E-state index in [2.05, 4.69) is 34.1 Å². The van der Waals surface area contributed by atoms with Crippen LogP contribution >= 0.6 is 0 Å². The standard InChI is InChI=1S/C15H16N2O/c1-11-5-6-12-3-2-4-14(15(12)16-11)17-9-7-13(18)8-10-17/h2-6H,7-10H2,1H3. The van der Waals surface area contributed by atoms with E-state index in [1.807, 2.05) is 13.0 Å². The zero-order chi connectivity index (χ0) is 12.5. The lowest BCUT2D eigenvalue weighted by molar-refractivity contribution is -0.119. The molecule has 1 aliphatic heterocycles. The second kappa shape index (κ2) is 4.41. The first-order chi connectivity index (χ1) is 8.74. The van der Waals surface area contributed by atoms with E-state index in [1.54, 1.807) is 0 Å². The van der Waals surface area contributed by atoms with Crippen LogP contribution in [0, 0.1) is 6.92 Å². The number of rotatable bonds is 1. The summed E-state index contributed by atoms with van der Waals surface area (Å²) < 4.78 is 0. The van der Waals surface area contributed by atoms with Gasteiger partial charge in [-0.3, -0.25) is 9.78 Å². The molecule has 0 radical (unpaired) electrons. The van der Waals surface area contributed by atoms with Gasteiger partial charge in [0.1, 0.15) is 5.78 Å². The molecule has 1 fully saturated rings. The number of piperidine rings is 1. The van der Waals surface area contributed by atoms with E-state index in [0.29, 0.717) is 18.6 Å². The minimum absolute atomic E-state index is 0.371. The van der Waals surface area contributed by atoms with Crippen molar-refractivity contribution in [3.8, 4) is 0 Å². The number of carbonyl (C=O) groups is 1. The minimum atomic E-state index is 0.371. The highest BCUT2D eigenvalue weighted by molar-refractivity contribution is 5.92. The molecule has 0 saturated carbocycles. The van der Waals surface area contributed by atoms with Crippen LogP contribution in [-0.4, -0.2) is 23.9 Å². The summed E-state index contributed by atoms with van der Waals surface area (Å²) in [6.07, 6.45) is 1.31. The number of hydrogen-bond acceptors (Lipinski definition) is 3. The van der Waals surface area contributed by atoms with Gasteiger partial charge in [-0.25, -0.2) is 0 Å². The molecule has 0 atom stereocenters. The van der Waals surface area contributed by atoms with Gasteiger partial charge in [0.15, 0.2) is 0 Å². The molecule has 18 heavy (non-hydrogen) atoms. The number of fused-ring (bicyclic) bond motifs is 1. The Morgan fingerprint density at radius 2 is 1.89 bits per heavy atom. The van der Waals surface area contributed by atoms with Crippen LogP contribution in [-0.2, 0) is 4.79 Å². The van der Waals surface area contributed by atoms with Crippen LogP contribution in [0.3, 0.4) is 0 Å². The summed E-state index contributed by atoms with van der Waals surface area (Å²) in [5, 5.41) is 1.16. The van der Waals surface area contributed by atoms with Crippen LogP contribution in [0.5, 0.6) is 0 Å². The molecule has 1 aromatic carbocycles. The second-order valence-electron chi connectivity index (χ2n) is 4.83. The zero-order valence-corrected chi connectivity index (χ0v) is 10.5. The molecule has 2 heterocycles. The van der Waals surface area contributed by atoms with Gasteiger partial charge in [0, 0.05) is 37.0 Å². The number of anilines is 1. The van der Waals surface area contributed by atoms with E-state index >= 15 is 0 Å². The molecule has 0 amide bonds. The lowest BCUT2D eigenvalue weighted by atomic mass is 10.1. The molecule has 1 saturated heterocycles. The molecule has 0 bridgehead atoms. The van der Waals surface area contributed by atoms with Gasteiger partial charge < -0.3 is 4.90 Å². The monoisotopic (exact) mass is 240 g/mol. The Morgan fingerprint density at radius 3 is 2.67 bits per heavy atom. The van der Waals surface area contributed by atoms with Gasteiger partial charge in [0.05, 0.1) is 11.2 Å². The van der Waals surface area contributed by atoms with Crippen molar-refractivity contribution in [3.05, 3.63) is 36.0 Å². The van der Waals surface area contributed by atoms with Crippen molar-refractivity contribution < 1.29 is 4.79 Å². The summed E-state index contributed by atoms with van der Waals surface area (Å²) in [5.74, 6) is 0.371. The van der Waals surface area contributed by atoms with E-state index in [9.17, 15) is 4.79 Å². The fourth-order valence-electron chi connectivity index (χ4n) is 2.48. The summed E-state index contributed by atoms with van der Waals surface area (Å²) in [5.41, 5.74) is 3.23. The third-order valence-corrected chi connectivity index (χ3v) is 3.50. The van der Waals surface area contributed by atoms with Gasteiger partial charge in [0.2, 0.25) is 0 Å². The normalized spacial score (nSPS) is 16.3. The number of hydrogen-bond donors (Lipinski definition) is 0. The summed E-state index contributed by atoms with van der Waals surface area (Å²) in [7, 11) is 0. The number of carbonyl (C=O) groups excluding carboxylic acids is 1. The summed E-state index contributed by atoms with van der Waals surface area (Å²) in [4.78, 5) is 18.2. The van der Waals surface area contributed by atoms with Gasteiger partial charge >= 0.3 is 0 Å². The Kier molecular flexibility index (Phi) is 2.74. The first-order valence-corrected chi connectivity index (χ1v) is 6.37. The molecule has 3 nitrogen and oxygen atoms in total. The molecular weight excluding hydrogens is 224 g/mol. The number of ketones is 1. The predicted octanol–water partition coefficient (Wildman–Crippen LogP) is 2.71. The molecule has 0 unspecified atom stereocenters. The minimum Gasteiger partial charge on any atom is -0.369 e. The quantitative estimate of drug-likeness (QED) is 0.768. The fraction of sp³-hybridized carbons (Fsp3) is 0.333. The molecule has 92 valence electrons. The van der Waals surface area contributed by atoms with Gasteiger partial charge in [-0.05, 0) is 19.1 Å². The maximum atomic E-state index is 11.3. The van der Waals surface area contributed by atoms with Crippen molar-refractivity contribution >= 4 is 22.4 Å². The summed E-state index contributed by atoms with van der Waals surface area (Å²) >= 11 is 0. The maximum Gasteiger partial charge on any atom is 0.136 e. The number of aryl methyl sites for hydroxylation is 1. The number of Topliss-reactive ketones (excluding diaryl/α,β-unsaturated/α-hetero) is 1. The predicted molar refractivity (Wildman–Crippen MR) is 72.9 cm³/mol. The number of para-hydroxylation sites is 1. The number of benzene rings is 1. The maximum absolute atomic E-state index is 11.3. The van der Waals surface area contributed by atoms with Gasteiger partial charge in [0.25, 0.3) is 0 Å². The SMILES string of the molecule is Cc1ccc2cccc(N3CCC(=O)CC3)c2n1. The Balaban J connectivity index is 2.05. The largest absolute Gasteiger partial charge is 0.369 e. The van der Waals surface area contributed by atoms with Crippen LogP contribution in [0.1, 0.15) is 18.5 Å². The van der Waals surface area contributed by atoms with Crippen molar-refractivity contribution in [2.75, 3.05) is 18.0 Å². The Bertz CT molecular complexity index is 596. The van der Waals surface area contributed by atoms with E-state index < -0.39 is 0 Å².